The largest absolute Gasteiger partial charge is 0.481 e. The highest BCUT2D eigenvalue weighted by Crippen LogP contribution is 2.04. The zero-order valence-electron chi connectivity index (χ0n) is 8.49. The first-order chi connectivity index (χ1) is 8.00. The highest BCUT2D eigenvalue weighted by molar-refractivity contribution is 7.07. The van der Waals surface area contributed by atoms with Crippen molar-refractivity contribution in [2.45, 2.75) is 18.9 Å². The molecule has 3 N–H and O–H groups in total. The summed E-state index contributed by atoms with van der Waals surface area (Å²) in [6, 6.07) is -1.24. The Hall–Kier alpha value is -2.03. The van der Waals surface area contributed by atoms with Crippen molar-refractivity contribution in [2.75, 3.05) is 0 Å². The van der Waals surface area contributed by atoms with Gasteiger partial charge in [0.2, 0.25) is 0 Å². The smallest absolute Gasteiger partial charge is 0.326 e. The van der Waals surface area contributed by atoms with E-state index in [2.05, 4.69) is 14.9 Å². The van der Waals surface area contributed by atoms with Crippen molar-refractivity contribution in [3.63, 3.8) is 0 Å². The minimum Gasteiger partial charge on any atom is -0.481 e. The zero-order chi connectivity index (χ0) is 12.8. The van der Waals surface area contributed by atoms with Gasteiger partial charge in [-0.25, -0.2) is 4.79 Å². The molecule has 0 fully saturated rings. The van der Waals surface area contributed by atoms with Crippen molar-refractivity contribution >= 4 is 29.4 Å². The fourth-order valence-electron chi connectivity index (χ4n) is 1.02. The topological polar surface area (TPSA) is 129 Å². The van der Waals surface area contributed by atoms with Gasteiger partial charge in [0.15, 0.2) is 0 Å². The van der Waals surface area contributed by atoms with Gasteiger partial charge in [0.05, 0.1) is 6.20 Å². The molecule has 1 amide bonds. The molecule has 1 atom stereocenters. The van der Waals surface area contributed by atoms with Crippen LogP contribution < -0.4 is 5.32 Å². The van der Waals surface area contributed by atoms with E-state index in [0.29, 0.717) is 0 Å². The minimum atomic E-state index is -1.28. The number of amides is 1. The monoisotopic (exact) mass is 259 g/mol. The lowest BCUT2D eigenvalue weighted by atomic mass is 10.1. The quantitative estimate of drug-likeness (QED) is 0.632. The normalized spacial score (nSPS) is 11.8. The molecular weight excluding hydrogens is 250 g/mol. The van der Waals surface area contributed by atoms with Crippen molar-refractivity contribution < 1.29 is 24.6 Å². The Morgan fingerprint density at radius 3 is 2.59 bits per heavy atom. The number of carbonyl (C=O) groups is 3. The van der Waals surface area contributed by atoms with E-state index in [9.17, 15) is 14.4 Å². The number of carboxylic acid groups (broad SMARTS) is 2. The Kier molecular flexibility index (Phi) is 4.52. The average molecular weight is 259 g/mol. The maximum Gasteiger partial charge on any atom is 0.326 e. The molecule has 1 aromatic heterocycles. The fraction of sp³-hybridized carbons (Fsp3) is 0.375. The number of aromatic nitrogens is 2. The van der Waals surface area contributed by atoms with Gasteiger partial charge in [-0.05, 0) is 18.0 Å². The van der Waals surface area contributed by atoms with Crippen LogP contribution in [0.25, 0.3) is 0 Å². The molecule has 1 aromatic rings. The van der Waals surface area contributed by atoms with Crippen LogP contribution >= 0.6 is 11.5 Å². The number of carboxylic acids is 2. The number of hydrogen-bond donors (Lipinski definition) is 3. The molecule has 0 aromatic carbocycles. The van der Waals surface area contributed by atoms with E-state index in [-0.39, 0.29) is 17.7 Å². The van der Waals surface area contributed by atoms with Gasteiger partial charge in [-0.1, -0.05) is 4.49 Å². The van der Waals surface area contributed by atoms with E-state index >= 15 is 0 Å². The molecule has 0 aliphatic carbocycles. The van der Waals surface area contributed by atoms with Gasteiger partial charge in [0.25, 0.3) is 5.91 Å². The van der Waals surface area contributed by atoms with Crippen LogP contribution in [-0.2, 0) is 9.59 Å². The molecule has 9 heteroatoms. The van der Waals surface area contributed by atoms with E-state index in [1.165, 1.54) is 6.20 Å². The lowest BCUT2D eigenvalue weighted by Crippen LogP contribution is -2.40. The summed E-state index contributed by atoms with van der Waals surface area (Å²) < 4.78 is 3.46. The fourth-order valence-corrected chi connectivity index (χ4v) is 1.44. The number of nitrogens with zero attached hydrogens (tertiary/aromatic N) is 2. The van der Waals surface area contributed by atoms with Gasteiger partial charge in [-0.3, -0.25) is 9.59 Å². The first kappa shape index (κ1) is 13.0. The van der Waals surface area contributed by atoms with E-state index < -0.39 is 23.9 Å². The van der Waals surface area contributed by atoms with E-state index in [1.54, 1.807) is 0 Å². The third-order valence-electron chi connectivity index (χ3n) is 1.84. The first-order valence-corrected chi connectivity index (χ1v) is 5.31. The molecule has 0 saturated carbocycles. The van der Waals surface area contributed by atoms with Crippen LogP contribution in [0.15, 0.2) is 6.20 Å². The Balaban J connectivity index is 2.58. The third kappa shape index (κ3) is 4.15. The van der Waals surface area contributed by atoms with Crippen molar-refractivity contribution in [3.8, 4) is 0 Å². The summed E-state index contributed by atoms with van der Waals surface area (Å²) in [5.74, 6) is -3.03. The molecule has 0 saturated heterocycles. The predicted octanol–water partition coefficient (Wildman–Crippen LogP) is -0.414. The van der Waals surface area contributed by atoms with Gasteiger partial charge in [-0.2, -0.15) is 0 Å². The van der Waals surface area contributed by atoms with Crippen LogP contribution in [0.2, 0.25) is 0 Å². The van der Waals surface area contributed by atoms with Gasteiger partial charge in [0, 0.05) is 6.42 Å². The molecule has 0 bridgehead atoms. The van der Waals surface area contributed by atoms with Crippen LogP contribution in [0.1, 0.15) is 22.5 Å². The molecule has 92 valence electrons. The van der Waals surface area contributed by atoms with Crippen molar-refractivity contribution in [2.24, 2.45) is 0 Å². The summed E-state index contributed by atoms with van der Waals surface area (Å²) in [6.45, 7) is 0. The summed E-state index contributed by atoms with van der Waals surface area (Å²) in [5, 5.41) is 22.9. The molecule has 1 heterocycles. The number of carbonyl (C=O) groups excluding carboxylic acids is 1. The highest BCUT2D eigenvalue weighted by Gasteiger charge is 2.22. The Morgan fingerprint density at radius 1 is 1.41 bits per heavy atom. The Labute approximate surface area is 99.4 Å². The van der Waals surface area contributed by atoms with Crippen molar-refractivity contribution in [3.05, 3.63) is 11.1 Å². The molecule has 1 rings (SSSR count). The lowest BCUT2D eigenvalue weighted by molar-refractivity contribution is -0.140. The van der Waals surface area contributed by atoms with E-state index in [4.69, 9.17) is 10.2 Å². The maximum absolute atomic E-state index is 11.5. The average Bonchev–Trinajstić information content (AvgIpc) is 2.76. The van der Waals surface area contributed by atoms with Gasteiger partial charge < -0.3 is 15.5 Å². The minimum absolute atomic E-state index is 0.173. The maximum atomic E-state index is 11.5. The Morgan fingerprint density at radius 2 is 2.12 bits per heavy atom. The molecular formula is C8H9N3O5S. The van der Waals surface area contributed by atoms with Crippen LogP contribution in [0.4, 0.5) is 0 Å². The predicted molar refractivity (Wildman–Crippen MR) is 55.7 cm³/mol. The second kappa shape index (κ2) is 5.89. The van der Waals surface area contributed by atoms with Crippen LogP contribution in [0.3, 0.4) is 0 Å². The summed E-state index contributed by atoms with van der Waals surface area (Å²) in [6.07, 6.45) is 0.691. The van der Waals surface area contributed by atoms with Crippen molar-refractivity contribution in [1.29, 1.82) is 0 Å². The highest BCUT2D eigenvalue weighted by atomic mass is 32.1. The molecule has 0 spiro atoms. The number of hydrogen-bond acceptors (Lipinski definition) is 6. The molecule has 1 unspecified atom stereocenters. The van der Waals surface area contributed by atoms with Gasteiger partial charge in [0.1, 0.15) is 10.9 Å². The standard InChI is InChI=1S/C8H9N3O5S/c12-6(13)2-1-4(8(15)16)10-7(14)5-3-9-11-17-5/h3-4H,1-2H2,(H,10,14)(H,12,13)(H,15,16). The molecule has 0 aliphatic heterocycles. The van der Waals surface area contributed by atoms with Crippen LogP contribution in [0.5, 0.6) is 0 Å². The molecule has 0 aliphatic rings. The summed E-state index contributed by atoms with van der Waals surface area (Å²) in [7, 11) is 0. The molecule has 8 nitrogen and oxygen atoms in total. The van der Waals surface area contributed by atoms with Crippen LogP contribution in [0, 0.1) is 0 Å². The number of rotatable bonds is 6. The zero-order valence-corrected chi connectivity index (χ0v) is 9.31. The first-order valence-electron chi connectivity index (χ1n) is 4.53. The Bertz CT molecular complexity index is 419. The second-order valence-corrected chi connectivity index (χ2v) is 3.86. The van der Waals surface area contributed by atoms with E-state index in [1.807, 2.05) is 0 Å². The molecule has 17 heavy (non-hydrogen) atoms. The summed E-state index contributed by atoms with van der Waals surface area (Å²) >= 11 is 0.827. The van der Waals surface area contributed by atoms with Crippen molar-refractivity contribution in [1.82, 2.24) is 14.9 Å². The molecule has 0 radical (unpaired) electrons. The van der Waals surface area contributed by atoms with Gasteiger partial charge in [-0.15, -0.1) is 5.10 Å². The van der Waals surface area contributed by atoms with Gasteiger partial charge >= 0.3 is 11.9 Å². The lowest BCUT2D eigenvalue weighted by Gasteiger charge is -2.12. The second-order valence-electron chi connectivity index (χ2n) is 3.08. The SMILES string of the molecule is O=C(O)CCC(NC(=O)c1cnns1)C(=O)O. The third-order valence-corrected chi connectivity index (χ3v) is 2.50. The van der Waals surface area contributed by atoms with Crippen LogP contribution in [-0.4, -0.2) is 43.7 Å². The number of aliphatic carboxylic acids is 2. The summed E-state index contributed by atoms with van der Waals surface area (Å²) in [5.41, 5.74) is 0. The van der Waals surface area contributed by atoms with E-state index in [0.717, 1.165) is 11.5 Å². The number of nitrogens with one attached hydrogen (secondary N) is 1. The summed E-state index contributed by atoms with van der Waals surface area (Å²) in [4.78, 5) is 32.7.